The Morgan fingerprint density at radius 3 is 2.21 bits per heavy atom. The van der Waals surface area contributed by atoms with E-state index in [1.165, 1.54) is 0 Å². The van der Waals surface area contributed by atoms with Crippen LogP contribution in [0.3, 0.4) is 0 Å². The van der Waals surface area contributed by atoms with Crippen LogP contribution in [0.1, 0.15) is 78.2 Å². The van der Waals surface area contributed by atoms with Crippen LogP contribution < -0.4 is 16.0 Å². The van der Waals surface area contributed by atoms with E-state index in [9.17, 15) is 9.59 Å². The molecule has 3 N–H and O–H groups in total. The molecule has 0 spiro atoms. The molecule has 1 atom stereocenters. The van der Waals surface area contributed by atoms with Crippen LogP contribution in [0.4, 0.5) is 16.3 Å². The first kappa shape index (κ1) is 29.3. The van der Waals surface area contributed by atoms with Gasteiger partial charge in [-0.3, -0.25) is 10.1 Å². The molecule has 1 fully saturated rings. The number of piperidine rings is 1. The highest BCUT2D eigenvalue weighted by Crippen LogP contribution is 2.35. The lowest BCUT2D eigenvalue weighted by atomic mass is 9.77. The molecule has 2 aromatic carbocycles. The monoisotopic (exact) mass is 567 g/mol. The highest BCUT2D eigenvalue weighted by atomic mass is 16.3. The molecular weight excluding hydrogens is 526 g/mol. The third-order valence-corrected chi connectivity index (χ3v) is 8.07. The van der Waals surface area contributed by atoms with E-state index in [4.69, 9.17) is 9.52 Å². The fourth-order valence-corrected chi connectivity index (χ4v) is 5.43. The number of aryl methyl sites for hydroxylation is 3. The SMILES string of the molecule is Cc1ccc(-n2nc(C(C)(C)C)cc2NC(=O)Nc2ccc(C(C(=O)c3cc(C)c(C)o3)C3CCNCC3)cc2)cc1. The van der Waals surface area contributed by atoms with E-state index in [2.05, 4.69) is 36.7 Å². The van der Waals surface area contributed by atoms with Crippen molar-refractivity contribution in [3.8, 4) is 5.69 Å². The highest BCUT2D eigenvalue weighted by molar-refractivity contribution is 6.00. The first-order valence-electron chi connectivity index (χ1n) is 14.7. The lowest BCUT2D eigenvalue weighted by Gasteiger charge is -2.29. The molecule has 8 heteroatoms. The Labute approximate surface area is 247 Å². The molecule has 1 aliphatic rings. The Kier molecular flexibility index (Phi) is 8.36. The van der Waals surface area contributed by atoms with Crippen molar-refractivity contribution < 1.29 is 14.0 Å². The van der Waals surface area contributed by atoms with Gasteiger partial charge in [-0.1, -0.05) is 50.6 Å². The Bertz CT molecular complexity index is 1530. The van der Waals surface area contributed by atoms with Gasteiger partial charge in [-0.2, -0.15) is 5.10 Å². The number of anilines is 2. The molecule has 2 aromatic heterocycles. The summed E-state index contributed by atoms with van der Waals surface area (Å²) < 4.78 is 7.59. The Morgan fingerprint density at radius 1 is 0.952 bits per heavy atom. The molecule has 0 bridgehead atoms. The molecule has 4 aromatic rings. The van der Waals surface area contributed by atoms with E-state index >= 15 is 0 Å². The third kappa shape index (κ3) is 6.49. The number of rotatable bonds is 7. The number of furan rings is 1. The summed E-state index contributed by atoms with van der Waals surface area (Å²) in [6.07, 6.45) is 1.84. The van der Waals surface area contributed by atoms with Gasteiger partial charge in [-0.25, -0.2) is 9.48 Å². The number of carbonyl (C=O) groups excluding carboxylic acids is 2. The number of carbonyl (C=O) groups is 2. The molecule has 3 heterocycles. The maximum Gasteiger partial charge on any atom is 0.324 e. The van der Waals surface area contributed by atoms with E-state index in [1.54, 1.807) is 4.68 Å². The number of hydrogen-bond donors (Lipinski definition) is 3. The third-order valence-electron chi connectivity index (χ3n) is 8.07. The van der Waals surface area contributed by atoms with Gasteiger partial charge >= 0.3 is 6.03 Å². The second-order valence-corrected chi connectivity index (χ2v) is 12.4. The minimum Gasteiger partial charge on any atom is -0.458 e. The number of nitrogens with one attached hydrogen (secondary N) is 3. The van der Waals surface area contributed by atoms with Crippen molar-refractivity contribution in [2.75, 3.05) is 23.7 Å². The summed E-state index contributed by atoms with van der Waals surface area (Å²) in [5, 5.41) is 14.1. The number of aromatic nitrogens is 2. The topological polar surface area (TPSA) is 101 Å². The molecule has 5 rings (SSSR count). The van der Waals surface area contributed by atoms with Crippen molar-refractivity contribution in [2.45, 2.75) is 65.7 Å². The van der Waals surface area contributed by atoms with Crippen LogP contribution in [0.5, 0.6) is 0 Å². The van der Waals surface area contributed by atoms with Crippen LogP contribution in [-0.2, 0) is 5.41 Å². The molecule has 220 valence electrons. The van der Waals surface area contributed by atoms with Gasteiger partial charge in [0.05, 0.1) is 17.3 Å². The number of benzene rings is 2. The number of urea groups is 1. The molecule has 0 saturated carbocycles. The summed E-state index contributed by atoms with van der Waals surface area (Å²) in [6, 6.07) is 19.0. The Morgan fingerprint density at radius 2 is 1.62 bits per heavy atom. The van der Waals surface area contributed by atoms with Crippen molar-refractivity contribution >= 4 is 23.3 Å². The van der Waals surface area contributed by atoms with Gasteiger partial charge in [0.1, 0.15) is 11.6 Å². The molecule has 1 unspecified atom stereocenters. The van der Waals surface area contributed by atoms with E-state index in [0.717, 1.165) is 59.8 Å². The largest absolute Gasteiger partial charge is 0.458 e. The second-order valence-electron chi connectivity index (χ2n) is 12.4. The van der Waals surface area contributed by atoms with Crippen LogP contribution in [-0.4, -0.2) is 34.7 Å². The number of nitrogens with zero attached hydrogens (tertiary/aromatic N) is 2. The summed E-state index contributed by atoms with van der Waals surface area (Å²) >= 11 is 0. The zero-order valence-corrected chi connectivity index (χ0v) is 25.4. The van der Waals surface area contributed by atoms with E-state index in [1.807, 2.05) is 81.4 Å². The average Bonchev–Trinajstić information content (AvgIpc) is 3.53. The summed E-state index contributed by atoms with van der Waals surface area (Å²) in [5.41, 5.74) is 5.24. The van der Waals surface area contributed by atoms with Crippen LogP contribution in [0.2, 0.25) is 0 Å². The molecule has 42 heavy (non-hydrogen) atoms. The van der Waals surface area contributed by atoms with Crippen LogP contribution in [0, 0.1) is 26.7 Å². The van der Waals surface area contributed by atoms with E-state index in [-0.39, 0.29) is 29.1 Å². The predicted octanol–water partition coefficient (Wildman–Crippen LogP) is 7.30. The van der Waals surface area contributed by atoms with Gasteiger partial charge in [0.2, 0.25) is 5.78 Å². The standard InChI is InChI=1S/C34H41N5O3/c1-21-7-13-27(14-8-21)39-30(20-29(38-39)34(4,5)6)37-33(41)36-26-11-9-24(10-12-26)31(25-15-17-35-18-16-25)32(40)28-19-22(2)23(3)42-28/h7-14,19-20,25,31,35H,15-18H2,1-6H3,(H2,36,37,41). The fraction of sp³-hybridized carbons (Fsp3) is 0.382. The quantitative estimate of drug-likeness (QED) is 0.204. The van der Waals surface area contributed by atoms with Crippen molar-refractivity contribution in [1.29, 1.82) is 0 Å². The highest BCUT2D eigenvalue weighted by Gasteiger charge is 2.33. The van der Waals surface area contributed by atoms with Crippen LogP contribution in [0.15, 0.2) is 65.1 Å². The maximum atomic E-state index is 13.7. The molecule has 0 radical (unpaired) electrons. The van der Waals surface area contributed by atoms with Crippen molar-refractivity contribution in [1.82, 2.24) is 15.1 Å². The molecule has 0 aliphatic carbocycles. The van der Waals surface area contributed by atoms with Crippen LogP contribution in [0.25, 0.3) is 5.69 Å². The lowest BCUT2D eigenvalue weighted by Crippen LogP contribution is -2.33. The number of Topliss-reactive ketones (excluding diaryl/α,β-unsaturated/α-hetero) is 1. The number of ketones is 1. The molecule has 1 aliphatic heterocycles. The predicted molar refractivity (Wildman–Crippen MR) is 167 cm³/mol. The summed E-state index contributed by atoms with van der Waals surface area (Å²) in [5.74, 6) is 1.68. The Hall–Kier alpha value is -4.17. The Balaban J connectivity index is 1.35. The van der Waals surface area contributed by atoms with Crippen LogP contribution >= 0.6 is 0 Å². The maximum absolute atomic E-state index is 13.7. The first-order chi connectivity index (χ1) is 20.0. The van der Waals surface area contributed by atoms with Gasteiger partial charge in [0.25, 0.3) is 0 Å². The minimum absolute atomic E-state index is 0.00979. The first-order valence-corrected chi connectivity index (χ1v) is 14.7. The van der Waals surface area contributed by atoms with Gasteiger partial charge < -0.3 is 15.1 Å². The van der Waals surface area contributed by atoms with Gasteiger partial charge in [-0.05, 0) is 94.1 Å². The number of hydrogen-bond acceptors (Lipinski definition) is 5. The van der Waals surface area contributed by atoms with Gasteiger partial charge in [0.15, 0.2) is 5.76 Å². The molecular formula is C34H41N5O3. The summed E-state index contributed by atoms with van der Waals surface area (Å²) in [4.78, 5) is 26.8. The fourth-order valence-electron chi connectivity index (χ4n) is 5.43. The summed E-state index contributed by atoms with van der Waals surface area (Å²) in [6.45, 7) is 13.9. The minimum atomic E-state index is -0.371. The summed E-state index contributed by atoms with van der Waals surface area (Å²) in [7, 11) is 0. The van der Waals surface area contributed by atoms with Gasteiger partial charge in [-0.15, -0.1) is 0 Å². The van der Waals surface area contributed by atoms with Crippen molar-refractivity contribution in [3.63, 3.8) is 0 Å². The van der Waals surface area contributed by atoms with E-state index < -0.39 is 0 Å². The molecule has 2 amide bonds. The smallest absolute Gasteiger partial charge is 0.324 e. The average molecular weight is 568 g/mol. The van der Waals surface area contributed by atoms with Gasteiger partial charge in [0, 0.05) is 17.2 Å². The van der Waals surface area contributed by atoms with Crippen molar-refractivity contribution in [2.24, 2.45) is 5.92 Å². The van der Waals surface area contributed by atoms with E-state index in [0.29, 0.717) is 17.3 Å². The second kappa shape index (κ2) is 12.0. The van der Waals surface area contributed by atoms with Crippen molar-refractivity contribution in [3.05, 3.63) is 94.6 Å². The molecule has 8 nitrogen and oxygen atoms in total. The zero-order chi connectivity index (χ0) is 30.0. The number of amides is 2. The lowest BCUT2D eigenvalue weighted by molar-refractivity contribution is 0.0886. The zero-order valence-electron chi connectivity index (χ0n) is 25.4. The molecule has 1 saturated heterocycles. The normalized spacial score (nSPS) is 14.9.